The molecule has 184 valence electrons. The van der Waals surface area contributed by atoms with Crippen molar-refractivity contribution in [2.75, 3.05) is 26.3 Å². The van der Waals surface area contributed by atoms with Crippen LogP contribution < -0.4 is 10.5 Å². The van der Waals surface area contributed by atoms with Gasteiger partial charge in [-0.2, -0.15) is 0 Å². The van der Waals surface area contributed by atoms with Gasteiger partial charge in [0.05, 0.1) is 32.5 Å². The number of nitrogens with two attached hydrogens (primary N) is 1. The van der Waals surface area contributed by atoms with Crippen LogP contribution in [-0.4, -0.2) is 54.6 Å². The van der Waals surface area contributed by atoms with Crippen LogP contribution in [0.1, 0.15) is 29.9 Å². The molecule has 1 saturated heterocycles. The van der Waals surface area contributed by atoms with E-state index < -0.39 is 12.2 Å². The summed E-state index contributed by atoms with van der Waals surface area (Å²) in [5.41, 5.74) is 7.08. The highest BCUT2D eigenvalue weighted by Crippen LogP contribution is 2.32. The van der Waals surface area contributed by atoms with Gasteiger partial charge in [0.25, 0.3) is 0 Å². The van der Waals surface area contributed by atoms with Crippen molar-refractivity contribution in [3.8, 4) is 5.75 Å². The Morgan fingerprint density at radius 2 is 1.77 bits per heavy atom. The van der Waals surface area contributed by atoms with Gasteiger partial charge in [-0.15, -0.1) is 0 Å². The van der Waals surface area contributed by atoms with Gasteiger partial charge < -0.3 is 30.0 Å². The van der Waals surface area contributed by atoms with Gasteiger partial charge >= 0.3 is 12.2 Å². The standard InChI is InChI=1S/C27H30N2O6/c28-26(30)34-15-3-14-33-23-10-8-21(9-11-23)24-12-13-29(27(31)32)17-25(24)35-18-19-6-7-20-4-1-2-5-22(20)16-19/h1-2,4-11,16,24-25H,3,12-15,17-18H2,(H2,28,30)(H,31,32). The van der Waals surface area contributed by atoms with Crippen molar-refractivity contribution < 1.29 is 28.9 Å². The van der Waals surface area contributed by atoms with E-state index in [-0.39, 0.29) is 18.6 Å². The molecule has 1 heterocycles. The van der Waals surface area contributed by atoms with Gasteiger partial charge in [0.1, 0.15) is 5.75 Å². The number of piperidine rings is 1. The van der Waals surface area contributed by atoms with Crippen molar-refractivity contribution in [1.82, 2.24) is 4.90 Å². The molecule has 0 radical (unpaired) electrons. The van der Waals surface area contributed by atoms with Crippen molar-refractivity contribution in [1.29, 1.82) is 0 Å². The summed E-state index contributed by atoms with van der Waals surface area (Å²) in [6.07, 6.45) is -0.751. The molecule has 0 saturated carbocycles. The van der Waals surface area contributed by atoms with Crippen molar-refractivity contribution in [3.05, 3.63) is 77.9 Å². The van der Waals surface area contributed by atoms with Crippen LogP contribution in [0, 0.1) is 0 Å². The summed E-state index contributed by atoms with van der Waals surface area (Å²) >= 11 is 0. The van der Waals surface area contributed by atoms with Crippen molar-refractivity contribution in [3.63, 3.8) is 0 Å². The number of likely N-dealkylation sites (tertiary alicyclic amines) is 1. The second-order valence-electron chi connectivity index (χ2n) is 8.59. The number of benzene rings is 3. The summed E-state index contributed by atoms with van der Waals surface area (Å²) in [4.78, 5) is 23.6. The predicted molar refractivity (Wildman–Crippen MR) is 132 cm³/mol. The van der Waals surface area contributed by atoms with E-state index in [2.05, 4.69) is 30.3 Å². The lowest BCUT2D eigenvalue weighted by Gasteiger charge is -2.37. The first-order valence-corrected chi connectivity index (χ1v) is 11.7. The van der Waals surface area contributed by atoms with E-state index in [1.165, 1.54) is 10.3 Å². The van der Waals surface area contributed by atoms with Gasteiger partial charge in [0.2, 0.25) is 0 Å². The van der Waals surface area contributed by atoms with Crippen molar-refractivity contribution in [2.45, 2.75) is 31.5 Å². The van der Waals surface area contributed by atoms with E-state index in [0.29, 0.717) is 44.9 Å². The predicted octanol–water partition coefficient (Wildman–Crippen LogP) is 4.76. The molecule has 0 aliphatic carbocycles. The van der Waals surface area contributed by atoms with Crippen molar-refractivity contribution in [2.24, 2.45) is 5.73 Å². The summed E-state index contributed by atoms with van der Waals surface area (Å²) in [7, 11) is 0. The molecule has 8 heteroatoms. The van der Waals surface area contributed by atoms with Crippen LogP contribution >= 0.6 is 0 Å². The van der Waals surface area contributed by atoms with E-state index in [9.17, 15) is 14.7 Å². The van der Waals surface area contributed by atoms with E-state index in [0.717, 1.165) is 16.5 Å². The zero-order valence-corrected chi connectivity index (χ0v) is 19.5. The Balaban J connectivity index is 1.39. The average molecular weight is 479 g/mol. The van der Waals surface area contributed by atoms with Crippen LogP contribution in [0.4, 0.5) is 9.59 Å². The molecule has 3 aromatic carbocycles. The molecule has 35 heavy (non-hydrogen) atoms. The highest BCUT2D eigenvalue weighted by Gasteiger charge is 2.33. The Labute approximate surface area is 204 Å². The Kier molecular flexibility index (Phi) is 8.05. The minimum absolute atomic E-state index is 0.0732. The Bertz CT molecular complexity index is 1150. The molecular weight excluding hydrogens is 448 g/mol. The lowest BCUT2D eigenvalue weighted by molar-refractivity contribution is -0.0199. The highest BCUT2D eigenvalue weighted by atomic mass is 16.5. The number of amides is 2. The average Bonchev–Trinajstić information content (AvgIpc) is 2.87. The maximum absolute atomic E-state index is 11.6. The maximum Gasteiger partial charge on any atom is 0.407 e. The summed E-state index contributed by atoms with van der Waals surface area (Å²) in [5, 5.41) is 11.8. The maximum atomic E-state index is 11.6. The Morgan fingerprint density at radius 1 is 1.00 bits per heavy atom. The lowest BCUT2D eigenvalue weighted by Crippen LogP contribution is -2.46. The normalized spacial score (nSPS) is 17.8. The first-order valence-electron chi connectivity index (χ1n) is 11.7. The third kappa shape index (κ3) is 6.64. The SMILES string of the molecule is NC(=O)OCCCOc1ccc(C2CCN(C(=O)O)CC2OCc2ccc3ccccc3c2)cc1. The number of carboxylic acid groups (broad SMARTS) is 1. The first-order chi connectivity index (χ1) is 17.0. The Hall–Kier alpha value is -3.78. The third-order valence-electron chi connectivity index (χ3n) is 6.22. The van der Waals surface area contributed by atoms with Crippen LogP contribution in [0.2, 0.25) is 0 Å². The molecule has 3 aromatic rings. The largest absolute Gasteiger partial charge is 0.493 e. The van der Waals surface area contributed by atoms with Crippen LogP contribution in [0.25, 0.3) is 10.8 Å². The zero-order valence-electron chi connectivity index (χ0n) is 19.5. The highest BCUT2D eigenvalue weighted by molar-refractivity contribution is 5.82. The molecular formula is C27H30N2O6. The quantitative estimate of drug-likeness (QED) is 0.429. The van der Waals surface area contributed by atoms with Crippen LogP contribution in [0.5, 0.6) is 5.75 Å². The van der Waals surface area contributed by atoms with Gasteiger partial charge in [-0.3, -0.25) is 0 Å². The molecule has 1 fully saturated rings. The second-order valence-corrected chi connectivity index (χ2v) is 8.59. The zero-order chi connectivity index (χ0) is 24.6. The molecule has 4 rings (SSSR count). The molecule has 0 spiro atoms. The molecule has 1 aliphatic heterocycles. The molecule has 3 N–H and O–H groups in total. The third-order valence-corrected chi connectivity index (χ3v) is 6.22. The number of rotatable bonds is 9. The van der Waals surface area contributed by atoms with Gasteiger partial charge in [-0.1, -0.05) is 48.5 Å². The molecule has 2 unspecified atom stereocenters. The number of hydrogen-bond acceptors (Lipinski definition) is 5. The molecule has 8 nitrogen and oxygen atoms in total. The monoisotopic (exact) mass is 478 g/mol. The van der Waals surface area contributed by atoms with Crippen molar-refractivity contribution >= 4 is 23.0 Å². The van der Waals surface area contributed by atoms with Crippen LogP contribution in [0.15, 0.2) is 66.7 Å². The Morgan fingerprint density at radius 3 is 2.51 bits per heavy atom. The summed E-state index contributed by atoms with van der Waals surface area (Å²) < 4.78 is 16.7. The number of ether oxygens (including phenoxy) is 3. The smallest absolute Gasteiger partial charge is 0.407 e. The van der Waals surface area contributed by atoms with Gasteiger partial charge in [-0.25, -0.2) is 9.59 Å². The number of nitrogens with zero attached hydrogens (tertiary/aromatic N) is 1. The molecule has 0 aromatic heterocycles. The van der Waals surface area contributed by atoms with Crippen LogP contribution in [-0.2, 0) is 16.1 Å². The van der Waals surface area contributed by atoms with E-state index >= 15 is 0 Å². The van der Waals surface area contributed by atoms with E-state index in [1.54, 1.807) is 0 Å². The van der Waals surface area contributed by atoms with Crippen LogP contribution in [0.3, 0.4) is 0 Å². The van der Waals surface area contributed by atoms with E-state index in [4.69, 9.17) is 19.9 Å². The topological polar surface area (TPSA) is 111 Å². The number of fused-ring (bicyclic) bond motifs is 1. The lowest BCUT2D eigenvalue weighted by atomic mass is 9.87. The number of carbonyl (C=O) groups is 2. The fourth-order valence-electron chi connectivity index (χ4n) is 4.41. The fourth-order valence-corrected chi connectivity index (χ4v) is 4.41. The second kappa shape index (κ2) is 11.6. The summed E-state index contributed by atoms with van der Waals surface area (Å²) in [6.45, 7) is 1.82. The van der Waals surface area contributed by atoms with Gasteiger partial charge in [0, 0.05) is 18.9 Å². The molecule has 0 bridgehead atoms. The fraction of sp³-hybridized carbons (Fsp3) is 0.333. The number of primary amides is 1. The van der Waals surface area contributed by atoms with Gasteiger partial charge in [0.15, 0.2) is 0 Å². The summed E-state index contributed by atoms with van der Waals surface area (Å²) in [6, 6.07) is 22.2. The number of carbonyl (C=O) groups excluding carboxylic acids is 1. The molecule has 1 aliphatic rings. The first kappa shape index (κ1) is 24.3. The molecule has 2 amide bonds. The molecule has 2 atom stereocenters. The van der Waals surface area contributed by atoms with E-state index in [1.807, 2.05) is 36.4 Å². The summed E-state index contributed by atoms with van der Waals surface area (Å²) in [5.74, 6) is 0.786. The minimum Gasteiger partial charge on any atom is -0.493 e. The number of hydrogen-bond donors (Lipinski definition) is 2. The minimum atomic E-state index is -0.924. The van der Waals surface area contributed by atoms with Gasteiger partial charge in [-0.05, 0) is 46.5 Å².